The Kier molecular flexibility index (Phi) is 2.42. The second kappa shape index (κ2) is 3.58. The molecule has 0 aromatic carbocycles. The Labute approximate surface area is 91.2 Å². The van der Waals surface area contributed by atoms with E-state index in [-0.39, 0.29) is 0 Å². The molecule has 0 aliphatic heterocycles. The Morgan fingerprint density at radius 3 is 3.14 bits per heavy atom. The number of hydrogen-bond donors (Lipinski definition) is 1. The minimum atomic E-state index is 0.901. The molecule has 0 radical (unpaired) electrons. The molecule has 0 saturated heterocycles. The number of rotatable bonds is 2. The lowest BCUT2D eigenvalue weighted by molar-refractivity contribution is 1.17. The van der Waals surface area contributed by atoms with Gasteiger partial charge in [0.05, 0.1) is 0 Å². The van der Waals surface area contributed by atoms with E-state index >= 15 is 0 Å². The molecule has 0 aliphatic rings. The minimum Gasteiger partial charge on any atom is -0.346 e. The lowest BCUT2D eigenvalue weighted by Crippen LogP contribution is -1.83. The van der Waals surface area contributed by atoms with Crippen LogP contribution in [0.4, 0.5) is 0 Å². The van der Waals surface area contributed by atoms with Crippen LogP contribution in [0, 0.1) is 0 Å². The molecule has 0 bridgehead atoms. The summed E-state index contributed by atoms with van der Waals surface area (Å²) in [5.74, 6) is 0. The molecule has 0 aliphatic carbocycles. The second-order valence-corrected chi connectivity index (χ2v) is 4.41. The van der Waals surface area contributed by atoms with Crippen molar-refractivity contribution in [1.82, 2.24) is 9.97 Å². The molecule has 0 saturated carbocycles. The monoisotopic (exact) mass is 250 g/mol. The van der Waals surface area contributed by atoms with Crippen molar-refractivity contribution in [3.8, 4) is 0 Å². The number of aromatic amines is 1. The number of H-pyrrole nitrogens is 1. The van der Waals surface area contributed by atoms with Crippen LogP contribution in [0.25, 0.3) is 11.0 Å². The van der Waals surface area contributed by atoms with Gasteiger partial charge in [-0.25, -0.2) is 4.98 Å². The molecule has 2 nitrogen and oxygen atoms in total. The molecule has 0 fully saturated rings. The Balaban J connectivity index is 2.55. The summed E-state index contributed by atoms with van der Waals surface area (Å²) in [6.07, 6.45) is 4.69. The van der Waals surface area contributed by atoms with E-state index < -0.39 is 0 Å². The lowest BCUT2D eigenvalue weighted by Gasteiger charge is -1.97. The van der Waals surface area contributed by atoms with Gasteiger partial charge in [0.15, 0.2) is 0 Å². The van der Waals surface area contributed by atoms with Crippen LogP contribution in [-0.2, 0) is 6.42 Å². The van der Waals surface area contributed by atoms with Crippen LogP contribution in [0.15, 0.2) is 35.1 Å². The fourth-order valence-corrected chi connectivity index (χ4v) is 1.83. The number of halogens is 1. The summed E-state index contributed by atoms with van der Waals surface area (Å²) in [4.78, 5) is 7.42. The van der Waals surface area contributed by atoms with Crippen molar-refractivity contribution in [2.75, 3.05) is 0 Å². The zero-order valence-corrected chi connectivity index (χ0v) is 9.56. The molecule has 0 unspecified atom stereocenters. The third kappa shape index (κ3) is 1.73. The Hall–Kier alpha value is -1.09. The van der Waals surface area contributed by atoms with Crippen molar-refractivity contribution in [3.63, 3.8) is 0 Å². The van der Waals surface area contributed by atoms with Gasteiger partial charge in [-0.1, -0.05) is 12.2 Å². The summed E-state index contributed by atoms with van der Waals surface area (Å²) in [7, 11) is 0. The summed E-state index contributed by atoms with van der Waals surface area (Å²) in [6.45, 7) is 5.95. The predicted molar refractivity (Wildman–Crippen MR) is 62.3 cm³/mol. The van der Waals surface area contributed by atoms with E-state index in [0.717, 1.165) is 22.1 Å². The fourth-order valence-electron chi connectivity index (χ4n) is 1.50. The normalized spacial score (nSPS) is 10.7. The minimum absolute atomic E-state index is 0.901. The van der Waals surface area contributed by atoms with Crippen LogP contribution >= 0.6 is 15.9 Å². The standard InChI is InChI=1S/C11H11BrN2/c1-7(2)3-8-5-13-11-10(8)4-9(12)6-14-11/h4-6H,1,3H2,2H3,(H,13,14). The third-order valence-electron chi connectivity index (χ3n) is 2.08. The molecule has 0 spiro atoms. The summed E-state index contributed by atoms with van der Waals surface area (Å²) >= 11 is 3.42. The summed E-state index contributed by atoms with van der Waals surface area (Å²) in [6, 6.07) is 2.08. The molecule has 2 heterocycles. The van der Waals surface area contributed by atoms with Crippen LogP contribution in [0.5, 0.6) is 0 Å². The van der Waals surface area contributed by atoms with Crippen molar-refractivity contribution < 1.29 is 0 Å². The average molecular weight is 251 g/mol. The number of fused-ring (bicyclic) bond motifs is 1. The van der Waals surface area contributed by atoms with Gasteiger partial charge in [-0.15, -0.1) is 0 Å². The van der Waals surface area contributed by atoms with E-state index in [1.54, 1.807) is 6.20 Å². The Bertz CT molecular complexity index is 485. The van der Waals surface area contributed by atoms with Crippen molar-refractivity contribution >= 4 is 27.0 Å². The van der Waals surface area contributed by atoms with E-state index in [1.165, 1.54) is 10.9 Å². The quantitative estimate of drug-likeness (QED) is 0.813. The maximum absolute atomic E-state index is 4.28. The highest BCUT2D eigenvalue weighted by Gasteiger charge is 2.04. The van der Waals surface area contributed by atoms with Gasteiger partial charge in [-0.2, -0.15) is 0 Å². The van der Waals surface area contributed by atoms with Crippen LogP contribution in [0.1, 0.15) is 12.5 Å². The molecular weight excluding hydrogens is 240 g/mol. The Morgan fingerprint density at radius 2 is 2.43 bits per heavy atom. The first-order valence-electron chi connectivity index (χ1n) is 4.42. The largest absolute Gasteiger partial charge is 0.346 e. The number of aromatic nitrogens is 2. The highest BCUT2D eigenvalue weighted by Crippen LogP contribution is 2.22. The molecule has 0 amide bonds. The van der Waals surface area contributed by atoms with E-state index in [4.69, 9.17) is 0 Å². The maximum atomic E-state index is 4.28. The van der Waals surface area contributed by atoms with Crippen molar-refractivity contribution in [1.29, 1.82) is 0 Å². The highest BCUT2D eigenvalue weighted by atomic mass is 79.9. The van der Waals surface area contributed by atoms with Gasteiger partial charge in [0.2, 0.25) is 0 Å². The highest BCUT2D eigenvalue weighted by molar-refractivity contribution is 9.10. The molecule has 2 aromatic heterocycles. The molecule has 0 atom stereocenters. The van der Waals surface area contributed by atoms with E-state index in [1.807, 2.05) is 13.1 Å². The average Bonchev–Trinajstić information content (AvgIpc) is 2.47. The van der Waals surface area contributed by atoms with Crippen LogP contribution in [-0.4, -0.2) is 9.97 Å². The van der Waals surface area contributed by atoms with Crippen LogP contribution in [0.3, 0.4) is 0 Å². The van der Waals surface area contributed by atoms with Crippen molar-refractivity contribution in [3.05, 3.63) is 40.6 Å². The van der Waals surface area contributed by atoms with Gasteiger partial charge in [0.1, 0.15) is 5.65 Å². The summed E-state index contributed by atoms with van der Waals surface area (Å²) < 4.78 is 1.01. The number of hydrogen-bond acceptors (Lipinski definition) is 1. The van der Waals surface area contributed by atoms with Gasteiger partial charge in [0.25, 0.3) is 0 Å². The lowest BCUT2D eigenvalue weighted by atomic mass is 10.1. The Morgan fingerprint density at radius 1 is 1.64 bits per heavy atom. The fraction of sp³-hybridized carbons (Fsp3) is 0.182. The zero-order chi connectivity index (χ0) is 10.1. The molecule has 14 heavy (non-hydrogen) atoms. The number of pyridine rings is 1. The summed E-state index contributed by atoms with van der Waals surface area (Å²) in [5.41, 5.74) is 3.34. The van der Waals surface area contributed by atoms with Gasteiger partial charge in [-0.05, 0) is 40.9 Å². The topological polar surface area (TPSA) is 28.7 Å². The van der Waals surface area contributed by atoms with Gasteiger partial charge in [-0.3, -0.25) is 0 Å². The first-order chi connectivity index (χ1) is 6.66. The predicted octanol–water partition coefficient (Wildman–Crippen LogP) is 3.44. The first kappa shape index (κ1) is 9.46. The smallest absolute Gasteiger partial charge is 0.137 e. The second-order valence-electron chi connectivity index (χ2n) is 3.50. The summed E-state index contributed by atoms with van der Waals surface area (Å²) in [5, 5.41) is 1.17. The van der Waals surface area contributed by atoms with Crippen LogP contribution in [0.2, 0.25) is 0 Å². The number of allylic oxidation sites excluding steroid dienone is 1. The van der Waals surface area contributed by atoms with Crippen molar-refractivity contribution in [2.24, 2.45) is 0 Å². The molecule has 3 heteroatoms. The van der Waals surface area contributed by atoms with Crippen molar-refractivity contribution in [2.45, 2.75) is 13.3 Å². The molecular formula is C11H11BrN2. The number of nitrogens with one attached hydrogen (secondary N) is 1. The van der Waals surface area contributed by atoms with Crippen LogP contribution < -0.4 is 0 Å². The van der Waals surface area contributed by atoms with Gasteiger partial charge in [0, 0.05) is 22.3 Å². The first-order valence-corrected chi connectivity index (χ1v) is 5.22. The SMILES string of the molecule is C=C(C)Cc1c[nH]c2ncc(Br)cc12. The van der Waals surface area contributed by atoms with E-state index in [2.05, 4.69) is 38.5 Å². The van der Waals surface area contributed by atoms with E-state index in [9.17, 15) is 0 Å². The number of nitrogens with zero attached hydrogens (tertiary/aromatic N) is 1. The van der Waals surface area contributed by atoms with E-state index in [0.29, 0.717) is 0 Å². The molecule has 2 rings (SSSR count). The van der Waals surface area contributed by atoms with Gasteiger partial charge < -0.3 is 4.98 Å². The molecule has 2 aromatic rings. The molecule has 72 valence electrons. The third-order valence-corrected chi connectivity index (χ3v) is 2.51. The maximum Gasteiger partial charge on any atom is 0.137 e. The molecule has 1 N–H and O–H groups in total. The zero-order valence-electron chi connectivity index (χ0n) is 7.97. The van der Waals surface area contributed by atoms with Gasteiger partial charge >= 0.3 is 0 Å².